The van der Waals surface area contributed by atoms with Gasteiger partial charge in [-0.25, -0.2) is 0 Å². The summed E-state index contributed by atoms with van der Waals surface area (Å²) in [6.45, 7) is 4.01. The molecule has 6 nitrogen and oxygen atoms in total. The molecule has 0 bridgehead atoms. The van der Waals surface area contributed by atoms with Crippen molar-refractivity contribution in [3.63, 3.8) is 0 Å². The SMILES string of the molecule is Cc1cc(C)c2ncc(NC(=O)C=Cc3cccc(O)c3O)c(-c3ccccc3Cl)c2c1.Cl.O. The highest BCUT2D eigenvalue weighted by Crippen LogP contribution is 2.39. The predicted octanol–water partition coefficient (Wildman–Crippen LogP) is 5.83. The summed E-state index contributed by atoms with van der Waals surface area (Å²) in [7, 11) is 0. The summed E-state index contributed by atoms with van der Waals surface area (Å²) in [6.07, 6.45) is 4.35. The molecule has 0 saturated carbocycles. The first-order valence-corrected chi connectivity index (χ1v) is 10.4. The second kappa shape index (κ2) is 11.0. The number of phenols is 2. The molecule has 4 aromatic rings. The molecule has 0 unspecified atom stereocenters. The van der Waals surface area contributed by atoms with Crippen molar-refractivity contribution >= 4 is 52.6 Å². The van der Waals surface area contributed by atoms with Crippen LogP contribution in [0.5, 0.6) is 11.5 Å². The molecule has 0 spiro atoms. The number of nitrogens with zero attached hydrogens (tertiary/aromatic N) is 1. The first-order valence-electron chi connectivity index (χ1n) is 10.00. The number of fused-ring (bicyclic) bond motifs is 1. The van der Waals surface area contributed by atoms with E-state index in [4.69, 9.17) is 11.6 Å². The van der Waals surface area contributed by atoms with E-state index in [0.29, 0.717) is 16.3 Å². The highest BCUT2D eigenvalue weighted by Gasteiger charge is 2.16. The lowest BCUT2D eigenvalue weighted by molar-refractivity contribution is -0.111. The van der Waals surface area contributed by atoms with Crippen LogP contribution in [-0.2, 0) is 4.79 Å². The number of pyridine rings is 1. The molecule has 8 heteroatoms. The summed E-state index contributed by atoms with van der Waals surface area (Å²) >= 11 is 6.52. The van der Waals surface area contributed by atoms with Gasteiger partial charge in [-0.15, -0.1) is 12.4 Å². The number of hydrogen-bond acceptors (Lipinski definition) is 4. The van der Waals surface area contributed by atoms with Crippen LogP contribution in [0.25, 0.3) is 28.1 Å². The molecule has 0 radical (unpaired) electrons. The predicted molar refractivity (Wildman–Crippen MR) is 140 cm³/mol. The van der Waals surface area contributed by atoms with Gasteiger partial charge >= 0.3 is 0 Å². The average molecular weight is 499 g/mol. The Morgan fingerprint density at radius 1 is 1.06 bits per heavy atom. The molecule has 5 N–H and O–H groups in total. The molecule has 0 atom stereocenters. The summed E-state index contributed by atoms with van der Waals surface area (Å²) in [5.74, 6) is -0.948. The fraction of sp³-hybridized carbons (Fsp3) is 0.0769. The number of amides is 1. The number of anilines is 1. The molecule has 0 fully saturated rings. The van der Waals surface area contributed by atoms with Crippen molar-refractivity contribution in [3.8, 4) is 22.6 Å². The molecule has 0 saturated heterocycles. The molecule has 1 heterocycles. The van der Waals surface area contributed by atoms with Crippen LogP contribution in [0, 0.1) is 13.8 Å². The van der Waals surface area contributed by atoms with Crippen LogP contribution in [0.3, 0.4) is 0 Å². The third kappa shape index (κ3) is 5.31. The molecule has 3 aromatic carbocycles. The van der Waals surface area contributed by atoms with Crippen LogP contribution in [-0.4, -0.2) is 26.6 Å². The number of benzene rings is 3. The van der Waals surface area contributed by atoms with E-state index < -0.39 is 5.91 Å². The molecule has 1 aromatic heterocycles. The van der Waals surface area contributed by atoms with E-state index in [0.717, 1.165) is 33.2 Å². The number of hydrogen-bond donors (Lipinski definition) is 3. The minimum Gasteiger partial charge on any atom is -0.504 e. The molecule has 34 heavy (non-hydrogen) atoms. The zero-order valence-corrected chi connectivity index (χ0v) is 20.0. The van der Waals surface area contributed by atoms with E-state index in [9.17, 15) is 15.0 Å². The average Bonchev–Trinajstić information content (AvgIpc) is 2.75. The van der Waals surface area contributed by atoms with Gasteiger partial charge in [0.25, 0.3) is 0 Å². The van der Waals surface area contributed by atoms with Crippen molar-refractivity contribution in [2.24, 2.45) is 0 Å². The first kappa shape index (κ1) is 26.7. The largest absolute Gasteiger partial charge is 0.504 e. The van der Waals surface area contributed by atoms with Gasteiger partial charge in [-0.05, 0) is 43.7 Å². The Morgan fingerprint density at radius 3 is 2.53 bits per heavy atom. The minimum absolute atomic E-state index is 0. The number of rotatable bonds is 4. The second-order valence-electron chi connectivity index (χ2n) is 7.54. The van der Waals surface area contributed by atoms with E-state index in [1.54, 1.807) is 18.3 Å². The number of carbonyl (C=O) groups is 1. The van der Waals surface area contributed by atoms with Gasteiger partial charge in [0.2, 0.25) is 5.91 Å². The lowest BCUT2D eigenvalue weighted by Gasteiger charge is -2.16. The molecule has 0 aliphatic carbocycles. The van der Waals surface area contributed by atoms with E-state index in [2.05, 4.69) is 16.4 Å². The smallest absolute Gasteiger partial charge is 0.248 e. The fourth-order valence-corrected chi connectivity index (χ4v) is 3.96. The Morgan fingerprint density at radius 2 is 1.79 bits per heavy atom. The molecule has 1 amide bonds. The van der Waals surface area contributed by atoms with E-state index in [1.807, 2.05) is 44.2 Å². The number of phenolic OH excluding ortho intramolecular Hbond substituents is 2. The number of halogens is 2. The van der Waals surface area contributed by atoms with Gasteiger partial charge in [-0.2, -0.15) is 0 Å². The first-order chi connectivity index (χ1) is 15.3. The normalized spacial score (nSPS) is 10.6. The van der Waals surface area contributed by atoms with E-state index in [1.165, 1.54) is 18.2 Å². The van der Waals surface area contributed by atoms with Gasteiger partial charge in [0.1, 0.15) is 0 Å². The molecule has 0 aliphatic rings. The maximum Gasteiger partial charge on any atom is 0.248 e. The van der Waals surface area contributed by atoms with Crippen LogP contribution in [0.1, 0.15) is 16.7 Å². The summed E-state index contributed by atoms with van der Waals surface area (Å²) in [5.41, 5.74) is 5.37. The van der Waals surface area contributed by atoms with Crippen LogP contribution >= 0.6 is 24.0 Å². The van der Waals surface area contributed by atoms with Gasteiger partial charge in [0, 0.05) is 33.2 Å². The Hall–Kier alpha value is -3.58. The molecule has 4 rings (SSSR count). The van der Waals surface area contributed by atoms with Crippen molar-refractivity contribution in [2.75, 3.05) is 5.32 Å². The lowest BCUT2D eigenvalue weighted by atomic mass is 9.96. The topological polar surface area (TPSA) is 114 Å². The van der Waals surface area contributed by atoms with Crippen molar-refractivity contribution in [2.45, 2.75) is 13.8 Å². The van der Waals surface area contributed by atoms with Gasteiger partial charge in [-0.3, -0.25) is 9.78 Å². The zero-order valence-electron chi connectivity index (χ0n) is 18.5. The maximum absolute atomic E-state index is 12.7. The molecular weight excluding hydrogens is 475 g/mol. The quantitative estimate of drug-likeness (QED) is 0.242. The van der Waals surface area contributed by atoms with E-state index in [-0.39, 0.29) is 29.4 Å². The van der Waals surface area contributed by atoms with Gasteiger partial charge in [0.15, 0.2) is 11.5 Å². The minimum atomic E-state index is -0.411. The van der Waals surface area contributed by atoms with Crippen molar-refractivity contribution < 1.29 is 20.5 Å². The van der Waals surface area contributed by atoms with Crippen LogP contribution in [0.15, 0.2) is 66.9 Å². The molecule has 176 valence electrons. The van der Waals surface area contributed by atoms with Crippen LogP contribution < -0.4 is 5.32 Å². The van der Waals surface area contributed by atoms with Gasteiger partial charge < -0.3 is 21.0 Å². The number of nitrogens with one attached hydrogen (secondary N) is 1. The fourth-order valence-electron chi connectivity index (χ4n) is 3.73. The maximum atomic E-state index is 12.7. The Kier molecular flexibility index (Phi) is 8.65. The van der Waals surface area contributed by atoms with Crippen molar-refractivity contribution in [1.82, 2.24) is 4.98 Å². The Bertz CT molecular complexity index is 1390. The number of aryl methyl sites for hydroxylation is 2. The number of aromatic nitrogens is 1. The monoisotopic (exact) mass is 498 g/mol. The van der Waals surface area contributed by atoms with E-state index >= 15 is 0 Å². The van der Waals surface area contributed by atoms with Crippen molar-refractivity contribution in [1.29, 1.82) is 0 Å². The summed E-state index contributed by atoms with van der Waals surface area (Å²) in [5, 5.41) is 23.9. The Balaban J connectivity index is 0.00000204. The highest BCUT2D eigenvalue weighted by molar-refractivity contribution is 6.34. The number of carbonyl (C=O) groups excluding carboxylic acids is 1. The van der Waals surface area contributed by atoms with Crippen molar-refractivity contribution in [3.05, 3.63) is 88.6 Å². The third-order valence-corrected chi connectivity index (χ3v) is 5.50. The van der Waals surface area contributed by atoms with Gasteiger partial charge in [-0.1, -0.05) is 53.6 Å². The van der Waals surface area contributed by atoms with Gasteiger partial charge in [0.05, 0.1) is 17.4 Å². The lowest BCUT2D eigenvalue weighted by Crippen LogP contribution is -2.10. The molecular formula is C26H24Cl2N2O4. The summed E-state index contributed by atoms with van der Waals surface area (Å²) < 4.78 is 0. The zero-order chi connectivity index (χ0) is 22.8. The molecule has 0 aliphatic heterocycles. The van der Waals surface area contributed by atoms with Crippen LogP contribution in [0.2, 0.25) is 5.02 Å². The Labute approximate surface area is 208 Å². The standard InChI is InChI=1S/C26H21ClN2O3.ClH.H2O/c1-15-12-16(2)25-19(13-15)24(18-7-3-4-8-20(18)27)21(14-28-25)29-23(31)11-10-17-6-5-9-22(30)26(17)32;;/h3-14,30,32H,1-2H3,(H,29,31);1H;1H2. The highest BCUT2D eigenvalue weighted by atomic mass is 35.5. The number of aromatic hydroxyl groups is 2. The van der Waals surface area contributed by atoms with Crippen LogP contribution in [0.4, 0.5) is 5.69 Å². The number of para-hydroxylation sites is 1. The third-order valence-electron chi connectivity index (χ3n) is 5.17. The second-order valence-corrected chi connectivity index (χ2v) is 7.95. The summed E-state index contributed by atoms with van der Waals surface area (Å²) in [6, 6.07) is 16.1. The summed E-state index contributed by atoms with van der Waals surface area (Å²) in [4.78, 5) is 17.3.